The highest BCUT2D eigenvalue weighted by Crippen LogP contribution is 2.38. The van der Waals surface area contributed by atoms with E-state index in [4.69, 9.17) is 14.5 Å². The molecule has 0 fully saturated rings. The van der Waals surface area contributed by atoms with Crippen LogP contribution in [0.15, 0.2) is 55.0 Å². The minimum absolute atomic E-state index is 0.270. The molecule has 0 unspecified atom stereocenters. The topological polar surface area (TPSA) is 51.9 Å². The van der Waals surface area contributed by atoms with Gasteiger partial charge >= 0.3 is 0 Å². The van der Waals surface area contributed by atoms with Gasteiger partial charge in [0.05, 0.1) is 23.6 Å². The molecular formula is C19H16N4O2. The van der Waals surface area contributed by atoms with E-state index in [0.717, 1.165) is 46.1 Å². The summed E-state index contributed by atoms with van der Waals surface area (Å²) in [5.41, 5.74) is 3.96. The second-order valence-corrected chi connectivity index (χ2v) is 5.85. The van der Waals surface area contributed by atoms with Crippen molar-refractivity contribution < 1.29 is 9.47 Å². The predicted molar refractivity (Wildman–Crippen MR) is 95.7 cm³/mol. The van der Waals surface area contributed by atoms with Crippen LogP contribution >= 0.6 is 0 Å². The SMILES string of the molecule is CCN(c1ccc2c(c1)OCO2)c1nc2ccccc2n2cncc12. The highest BCUT2D eigenvalue weighted by atomic mass is 16.7. The molecule has 5 rings (SSSR count). The van der Waals surface area contributed by atoms with Crippen LogP contribution < -0.4 is 14.4 Å². The number of fused-ring (bicyclic) bond motifs is 4. The third kappa shape index (κ3) is 2.11. The lowest BCUT2D eigenvalue weighted by Gasteiger charge is -2.23. The molecule has 0 saturated carbocycles. The fraction of sp³-hybridized carbons (Fsp3) is 0.158. The van der Waals surface area contributed by atoms with E-state index in [2.05, 4.69) is 27.3 Å². The molecule has 6 nitrogen and oxygen atoms in total. The van der Waals surface area contributed by atoms with Gasteiger partial charge in [-0.25, -0.2) is 9.97 Å². The number of benzene rings is 2. The normalized spacial score (nSPS) is 12.8. The molecule has 0 atom stereocenters. The van der Waals surface area contributed by atoms with Gasteiger partial charge in [-0.2, -0.15) is 0 Å². The zero-order chi connectivity index (χ0) is 16.8. The van der Waals surface area contributed by atoms with Crippen LogP contribution in [0.4, 0.5) is 11.5 Å². The number of nitrogens with zero attached hydrogens (tertiary/aromatic N) is 4. The van der Waals surface area contributed by atoms with E-state index in [0.29, 0.717) is 0 Å². The third-order valence-electron chi connectivity index (χ3n) is 4.47. The Labute approximate surface area is 144 Å². The molecule has 0 N–H and O–H groups in total. The van der Waals surface area contributed by atoms with Gasteiger partial charge in [-0.1, -0.05) is 12.1 Å². The van der Waals surface area contributed by atoms with E-state index in [1.165, 1.54) is 0 Å². The van der Waals surface area contributed by atoms with Crippen LogP contribution in [-0.4, -0.2) is 27.7 Å². The van der Waals surface area contributed by atoms with Crippen LogP contribution in [0.25, 0.3) is 16.6 Å². The standard InChI is InChI=1S/C19H16N4O2/c1-2-22(13-7-8-17-18(9-13)25-12-24-17)19-16-10-20-11-23(16)15-6-4-3-5-14(15)21-19/h3-11H,2,12H2,1H3. The first-order valence-electron chi connectivity index (χ1n) is 8.23. The molecule has 25 heavy (non-hydrogen) atoms. The van der Waals surface area contributed by atoms with Crippen LogP contribution in [0.2, 0.25) is 0 Å². The van der Waals surface area contributed by atoms with Crippen molar-refractivity contribution in [1.29, 1.82) is 0 Å². The number of rotatable bonds is 3. The fourth-order valence-corrected chi connectivity index (χ4v) is 3.29. The van der Waals surface area contributed by atoms with Crippen molar-refractivity contribution in [2.24, 2.45) is 0 Å². The van der Waals surface area contributed by atoms with Gasteiger partial charge in [0.25, 0.3) is 0 Å². The first kappa shape index (κ1) is 14.1. The molecule has 124 valence electrons. The monoisotopic (exact) mass is 332 g/mol. The Hall–Kier alpha value is -3.28. The summed E-state index contributed by atoms with van der Waals surface area (Å²) in [7, 11) is 0. The second-order valence-electron chi connectivity index (χ2n) is 5.85. The van der Waals surface area contributed by atoms with Crippen LogP contribution in [0, 0.1) is 0 Å². The maximum atomic E-state index is 5.53. The largest absolute Gasteiger partial charge is 0.454 e. The smallest absolute Gasteiger partial charge is 0.231 e. The Morgan fingerprint density at radius 2 is 1.96 bits per heavy atom. The zero-order valence-corrected chi connectivity index (χ0v) is 13.7. The Morgan fingerprint density at radius 1 is 1.08 bits per heavy atom. The van der Waals surface area contributed by atoms with Crippen LogP contribution in [0.1, 0.15) is 6.92 Å². The number of para-hydroxylation sites is 2. The molecule has 6 heteroatoms. The lowest BCUT2D eigenvalue weighted by molar-refractivity contribution is 0.174. The number of ether oxygens (including phenoxy) is 2. The average molecular weight is 332 g/mol. The van der Waals surface area contributed by atoms with Crippen molar-refractivity contribution in [3.63, 3.8) is 0 Å². The summed E-state index contributed by atoms with van der Waals surface area (Å²) in [6, 6.07) is 14.0. The van der Waals surface area contributed by atoms with Crippen molar-refractivity contribution >= 4 is 28.1 Å². The lowest BCUT2D eigenvalue weighted by atomic mass is 10.2. The van der Waals surface area contributed by atoms with Crippen molar-refractivity contribution in [2.45, 2.75) is 6.92 Å². The van der Waals surface area contributed by atoms with Crippen molar-refractivity contribution in [3.8, 4) is 11.5 Å². The molecule has 1 aliphatic heterocycles. The minimum atomic E-state index is 0.270. The lowest BCUT2D eigenvalue weighted by Crippen LogP contribution is -2.18. The summed E-state index contributed by atoms with van der Waals surface area (Å²) in [6.07, 6.45) is 3.68. The van der Waals surface area contributed by atoms with Crippen molar-refractivity contribution in [3.05, 3.63) is 55.0 Å². The van der Waals surface area contributed by atoms with E-state index in [1.807, 2.05) is 48.9 Å². The number of aromatic nitrogens is 3. The fourth-order valence-electron chi connectivity index (χ4n) is 3.29. The first-order valence-corrected chi connectivity index (χ1v) is 8.23. The maximum Gasteiger partial charge on any atom is 0.231 e. The second kappa shape index (κ2) is 5.37. The Bertz CT molecular complexity index is 1090. The molecule has 1 aliphatic rings. The highest BCUT2D eigenvalue weighted by molar-refractivity contribution is 5.86. The molecular weight excluding hydrogens is 316 g/mol. The molecule has 0 bridgehead atoms. The van der Waals surface area contributed by atoms with Gasteiger partial charge in [0.1, 0.15) is 5.52 Å². The Balaban J connectivity index is 1.73. The van der Waals surface area contributed by atoms with E-state index in [1.54, 1.807) is 0 Å². The molecule has 3 heterocycles. The van der Waals surface area contributed by atoms with Gasteiger partial charge in [0.15, 0.2) is 17.3 Å². The van der Waals surface area contributed by atoms with Crippen molar-refractivity contribution in [1.82, 2.24) is 14.4 Å². The maximum absolute atomic E-state index is 5.53. The van der Waals surface area contributed by atoms with Gasteiger partial charge in [-0.15, -0.1) is 0 Å². The first-order chi connectivity index (χ1) is 12.3. The van der Waals surface area contributed by atoms with E-state index >= 15 is 0 Å². The van der Waals surface area contributed by atoms with Crippen LogP contribution in [-0.2, 0) is 0 Å². The van der Waals surface area contributed by atoms with Crippen molar-refractivity contribution in [2.75, 3.05) is 18.2 Å². The molecule has 0 saturated heterocycles. The zero-order valence-electron chi connectivity index (χ0n) is 13.7. The molecule has 2 aromatic carbocycles. The molecule has 0 spiro atoms. The summed E-state index contributed by atoms with van der Waals surface area (Å²) in [6.45, 7) is 3.14. The Kier molecular flexibility index (Phi) is 3.03. The molecule has 4 aromatic rings. The summed E-state index contributed by atoms with van der Waals surface area (Å²) in [5.74, 6) is 2.42. The number of imidazole rings is 1. The number of hydrogen-bond donors (Lipinski definition) is 0. The summed E-state index contributed by atoms with van der Waals surface area (Å²) in [5, 5.41) is 0. The number of hydrogen-bond acceptors (Lipinski definition) is 5. The predicted octanol–water partition coefficient (Wildman–Crippen LogP) is 3.77. The minimum Gasteiger partial charge on any atom is -0.454 e. The van der Waals surface area contributed by atoms with Gasteiger partial charge in [-0.05, 0) is 31.2 Å². The van der Waals surface area contributed by atoms with Crippen LogP contribution in [0.5, 0.6) is 11.5 Å². The summed E-state index contributed by atoms with van der Waals surface area (Å²) >= 11 is 0. The van der Waals surface area contributed by atoms with Gasteiger partial charge in [0.2, 0.25) is 6.79 Å². The number of anilines is 2. The van der Waals surface area contributed by atoms with Gasteiger partial charge in [-0.3, -0.25) is 4.40 Å². The third-order valence-corrected chi connectivity index (χ3v) is 4.47. The van der Waals surface area contributed by atoms with E-state index in [-0.39, 0.29) is 6.79 Å². The molecule has 0 aliphatic carbocycles. The molecule has 0 radical (unpaired) electrons. The average Bonchev–Trinajstić information content (AvgIpc) is 3.31. The highest BCUT2D eigenvalue weighted by Gasteiger charge is 2.19. The molecule has 2 aromatic heterocycles. The van der Waals surface area contributed by atoms with Gasteiger partial charge in [0, 0.05) is 18.3 Å². The van der Waals surface area contributed by atoms with E-state index in [9.17, 15) is 0 Å². The summed E-state index contributed by atoms with van der Waals surface area (Å²) < 4.78 is 13.0. The quantitative estimate of drug-likeness (QED) is 0.572. The summed E-state index contributed by atoms with van der Waals surface area (Å²) in [4.78, 5) is 11.4. The Morgan fingerprint density at radius 3 is 2.88 bits per heavy atom. The van der Waals surface area contributed by atoms with Crippen LogP contribution in [0.3, 0.4) is 0 Å². The van der Waals surface area contributed by atoms with E-state index < -0.39 is 0 Å². The molecule has 0 amide bonds. The van der Waals surface area contributed by atoms with Gasteiger partial charge < -0.3 is 14.4 Å².